The molecule has 2 heterocycles. The molecule has 0 aliphatic carbocycles. The van der Waals surface area contributed by atoms with Crippen LogP contribution in [-0.4, -0.2) is 33.0 Å². The summed E-state index contributed by atoms with van der Waals surface area (Å²) in [5.74, 6) is -0.180. The molecule has 3 rings (SSSR count). The maximum absolute atomic E-state index is 13.7. The van der Waals surface area contributed by atoms with Crippen molar-refractivity contribution in [3.8, 4) is 0 Å². The van der Waals surface area contributed by atoms with E-state index in [0.717, 1.165) is 0 Å². The molecule has 0 saturated carbocycles. The summed E-state index contributed by atoms with van der Waals surface area (Å²) in [6.45, 7) is 2.04. The zero-order valence-corrected chi connectivity index (χ0v) is 12.8. The first kappa shape index (κ1) is 14.5. The zero-order valence-electron chi connectivity index (χ0n) is 11.9. The van der Waals surface area contributed by atoms with E-state index in [9.17, 15) is 9.18 Å². The highest BCUT2D eigenvalue weighted by Gasteiger charge is 2.19. The number of amides is 1. The summed E-state index contributed by atoms with van der Waals surface area (Å²) >= 11 is 4.99. The van der Waals surface area contributed by atoms with Crippen LogP contribution in [0.25, 0.3) is 11.0 Å². The van der Waals surface area contributed by atoms with E-state index < -0.39 is 5.82 Å². The summed E-state index contributed by atoms with van der Waals surface area (Å²) in [6.07, 6.45) is 0. The molecule has 0 radical (unpaired) electrons. The molecular weight excluding hydrogens is 307 g/mol. The first-order valence-electron chi connectivity index (χ1n) is 6.53. The number of aromatic nitrogens is 3. The van der Waals surface area contributed by atoms with Gasteiger partial charge in [0.05, 0.1) is 23.1 Å². The molecule has 0 saturated heterocycles. The molecule has 0 unspecified atom stereocenters. The van der Waals surface area contributed by atoms with Crippen LogP contribution in [0.15, 0.2) is 22.7 Å². The number of rotatable bonds is 3. The predicted molar refractivity (Wildman–Crippen MR) is 80.5 cm³/mol. The van der Waals surface area contributed by atoms with Crippen molar-refractivity contribution in [3.05, 3.63) is 45.8 Å². The molecule has 0 bridgehead atoms. The van der Waals surface area contributed by atoms with Crippen molar-refractivity contribution in [1.82, 2.24) is 20.0 Å². The maximum Gasteiger partial charge on any atom is 0.256 e. The van der Waals surface area contributed by atoms with Crippen molar-refractivity contribution in [2.75, 3.05) is 7.05 Å². The van der Waals surface area contributed by atoms with E-state index in [1.165, 1.54) is 17.0 Å². The Morgan fingerprint density at radius 2 is 2.18 bits per heavy atom. The number of hydrogen-bond donors (Lipinski definition) is 2. The van der Waals surface area contributed by atoms with E-state index in [1.54, 1.807) is 20.0 Å². The van der Waals surface area contributed by atoms with E-state index in [-0.39, 0.29) is 18.0 Å². The lowest BCUT2D eigenvalue weighted by molar-refractivity contribution is 0.0783. The number of benzene rings is 1. The van der Waals surface area contributed by atoms with Gasteiger partial charge in [0.15, 0.2) is 4.77 Å². The fourth-order valence-corrected chi connectivity index (χ4v) is 2.50. The van der Waals surface area contributed by atoms with Gasteiger partial charge in [0, 0.05) is 13.1 Å². The molecule has 114 valence electrons. The van der Waals surface area contributed by atoms with Crippen LogP contribution in [0.3, 0.4) is 0 Å². The standard InChI is InChI=1S/C14H13FN4O2S/c1-7-3-9(18-21-7)6-19(2)13(20)10-4-8(15)5-11-12(10)17-14(22)16-11/h3-5H,6H2,1-2H3,(H2,16,17,22). The van der Waals surface area contributed by atoms with Crippen molar-refractivity contribution < 1.29 is 13.7 Å². The Labute approximate surface area is 129 Å². The Hall–Kier alpha value is -2.48. The predicted octanol–water partition coefficient (Wildman–Crippen LogP) is 2.93. The van der Waals surface area contributed by atoms with Gasteiger partial charge in [-0.2, -0.15) is 0 Å². The molecule has 8 heteroatoms. The summed E-state index contributed by atoms with van der Waals surface area (Å²) in [5.41, 5.74) is 1.78. The van der Waals surface area contributed by atoms with Gasteiger partial charge in [0.1, 0.15) is 17.3 Å². The Balaban J connectivity index is 1.95. The SMILES string of the molecule is Cc1cc(CN(C)C(=O)c2cc(F)cc3[nH]c(=S)[nH]c23)no1. The van der Waals surface area contributed by atoms with Gasteiger partial charge < -0.3 is 19.4 Å². The Bertz CT molecular complexity index is 911. The van der Waals surface area contributed by atoms with E-state index in [1.807, 2.05) is 0 Å². The molecule has 6 nitrogen and oxygen atoms in total. The van der Waals surface area contributed by atoms with Gasteiger partial charge in [-0.15, -0.1) is 0 Å². The number of aromatic amines is 2. The number of nitrogens with zero attached hydrogens (tertiary/aromatic N) is 2. The molecule has 1 amide bonds. The van der Waals surface area contributed by atoms with Crippen molar-refractivity contribution in [3.63, 3.8) is 0 Å². The van der Waals surface area contributed by atoms with Crippen LogP contribution >= 0.6 is 12.2 Å². The van der Waals surface area contributed by atoms with Gasteiger partial charge in [0.2, 0.25) is 0 Å². The van der Waals surface area contributed by atoms with Gasteiger partial charge in [-0.1, -0.05) is 5.16 Å². The second-order valence-corrected chi connectivity index (χ2v) is 5.45. The minimum atomic E-state index is -0.508. The molecule has 2 aromatic heterocycles. The third kappa shape index (κ3) is 2.64. The monoisotopic (exact) mass is 320 g/mol. The topological polar surface area (TPSA) is 77.9 Å². The Morgan fingerprint density at radius 1 is 1.41 bits per heavy atom. The van der Waals surface area contributed by atoms with Gasteiger partial charge in [-0.3, -0.25) is 4.79 Å². The molecule has 0 spiro atoms. The highest BCUT2D eigenvalue weighted by molar-refractivity contribution is 7.71. The van der Waals surface area contributed by atoms with Crippen molar-refractivity contribution in [2.24, 2.45) is 0 Å². The van der Waals surface area contributed by atoms with Crippen LogP contribution in [0.2, 0.25) is 0 Å². The Kier molecular flexibility index (Phi) is 3.53. The highest BCUT2D eigenvalue weighted by Crippen LogP contribution is 2.20. The number of fused-ring (bicyclic) bond motifs is 1. The van der Waals surface area contributed by atoms with Crippen molar-refractivity contribution in [1.29, 1.82) is 0 Å². The second kappa shape index (κ2) is 5.38. The fraction of sp³-hybridized carbons (Fsp3) is 0.214. The summed E-state index contributed by atoms with van der Waals surface area (Å²) in [6, 6.07) is 4.22. The molecule has 2 N–H and O–H groups in total. The average Bonchev–Trinajstić information content (AvgIpc) is 3.01. The number of carbonyl (C=O) groups is 1. The largest absolute Gasteiger partial charge is 0.361 e. The van der Waals surface area contributed by atoms with E-state index in [0.29, 0.717) is 27.3 Å². The van der Waals surface area contributed by atoms with Crippen LogP contribution in [-0.2, 0) is 6.54 Å². The molecule has 0 fully saturated rings. The van der Waals surface area contributed by atoms with Crippen LogP contribution in [0, 0.1) is 17.5 Å². The number of aryl methyl sites for hydroxylation is 1. The zero-order chi connectivity index (χ0) is 15.9. The third-order valence-electron chi connectivity index (χ3n) is 3.24. The Morgan fingerprint density at radius 3 is 2.86 bits per heavy atom. The minimum absolute atomic E-state index is 0.213. The maximum atomic E-state index is 13.7. The van der Waals surface area contributed by atoms with Crippen LogP contribution in [0.4, 0.5) is 4.39 Å². The molecule has 0 atom stereocenters. The van der Waals surface area contributed by atoms with Gasteiger partial charge >= 0.3 is 0 Å². The fourth-order valence-electron chi connectivity index (χ4n) is 2.29. The number of imidazole rings is 1. The lowest BCUT2D eigenvalue weighted by atomic mass is 10.1. The smallest absolute Gasteiger partial charge is 0.256 e. The molecular formula is C14H13FN4O2S. The van der Waals surface area contributed by atoms with Crippen LogP contribution in [0.1, 0.15) is 21.8 Å². The number of carbonyl (C=O) groups excluding carboxylic acids is 1. The number of hydrogen-bond acceptors (Lipinski definition) is 4. The van der Waals surface area contributed by atoms with E-state index in [2.05, 4.69) is 15.1 Å². The number of halogens is 1. The normalized spacial score (nSPS) is 11.0. The highest BCUT2D eigenvalue weighted by atomic mass is 32.1. The molecule has 0 aliphatic heterocycles. The molecule has 0 aliphatic rings. The summed E-state index contributed by atoms with van der Waals surface area (Å²) in [7, 11) is 1.62. The summed E-state index contributed by atoms with van der Waals surface area (Å²) in [5, 5.41) is 3.84. The number of nitrogens with one attached hydrogen (secondary N) is 2. The van der Waals surface area contributed by atoms with Crippen molar-refractivity contribution in [2.45, 2.75) is 13.5 Å². The molecule has 3 aromatic rings. The van der Waals surface area contributed by atoms with Crippen LogP contribution < -0.4 is 0 Å². The van der Waals surface area contributed by atoms with Crippen molar-refractivity contribution >= 4 is 29.2 Å². The van der Waals surface area contributed by atoms with Gasteiger partial charge in [0.25, 0.3) is 5.91 Å². The third-order valence-corrected chi connectivity index (χ3v) is 3.45. The average molecular weight is 320 g/mol. The van der Waals surface area contributed by atoms with E-state index >= 15 is 0 Å². The quantitative estimate of drug-likeness (QED) is 0.727. The van der Waals surface area contributed by atoms with Gasteiger partial charge in [-0.25, -0.2) is 4.39 Å². The minimum Gasteiger partial charge on any atom is -0.361 e. The van der Waals surface area contributed by atoms with Gasteiger partial charge in [-0.05, 0) is 31.3 Å². The molecule has 22 heavy (non-hydrogen) atoms. The molecule has 1 aromatic carbocycles. The summed E-state index contributed by atoms with van der Waals surface area (Å²) < 4.78 is 19.0. The van der Waals surface area contributed by atoms with Crippen LogP contribution in [0.5, 0.6) is 0 Å². The lowest BCUT2D eigenvalue weighted by Crippen LogP contribution is -2.26. The summed E-state index contributed by atoms with van der Waals surface area (Å²) in [4.78, 5) is 19.7. The van der Waals surface area contributed by atoms with E-state index in [4.69, 9.17) is 16.7 Å². The second-order valence-electron chi connectivity index (χ2n) is 5.05. The lowest BCUT2D eigenvalue weighted by Gasteiger charge is -2.16. The number of H-pyrrole nitrogens is 2. The first-order valence-corrected chi connectivity index (χ1v) is 6.94. The first-order chi connectivity index (χ1) is 10.4.